The van der Waals surface area contributed by atoms with E-state index >= 15 is 0 Å². The lowest BCUT2D eigenvalue weighted by atomic mass is 10.0. The third-order valence-corrected chi connectivity index (χ3v) is 3.50. The average Bonchev–Trinajstić information content (AvgIpc) is 2.42. The summed E-state index contributed by atoms with van der Waals surface area (Å²) in [4.78, 5) is 22.0. The molecule has 20 heavy (non-hydrogen) atoms. The Balaban J connectivity index is 2.79. The van der Waals surface area contributed by atoms with Crippen molar-refractivity contribution in [2.45, 2.75) is 19.8 Å². The second-order valence-electron chi connectivity index (χ2n) is 4.38. The Morgan fingerprint density at radius 2 is 2.25 bits per heavy atom. The standard InChI is InChI=1S/C13H16BrFN2O3/c1-2-9(5-6-14)8-16-13(18)11-4-3-10(15)7-12(11)17(19)20/h3-4,7,9H,2,5-6,8H2,1H3,(H,16,18). The molecule has 0 radical (unpaired) electrons. The minimum atomic E-state index is -0.756. The highest BCUT2D eigenvalue weighted by Crippen LogP contribution is 2.20. The number of carbonyl (C=O) groups excluding carboxylic acids is 1. The molecule has 1 atom stereocenters. The number of carbonyl (C=O) groups is 1. The molecule has 1 aromatic rings. The molecule has 110 valence electrons. The lowest BCUT2D eigenvalue weighted by Gasteiger charge is -2.14. The Morgan fingerprint density at radius 3 is 2.80 bits per heavy atom. The van der Waals surface area contributed by atoms with Gasteiger partial charge < -0.3 is 5.32 Å². The Labute approximate surface area is 124 Å². The summed E-state index contributed by atoms with van der Waals surface area (Å²) in [6.07, 6.45) is 1.81. The first-order valence-corrected chi connectivity index (χ1v) is 7.39. The van der Waals surface area contributed by atoms with Crippen LogP contribution in [0.5, 0.6) is 0 Å². The summed E-state index contributed by atoms with van der Waals surface area (Å²) < 4.78 is 13.0. The number of nitrogens with one attached hydrogen (secondary N) is 1. The second-order valence-corrected chi connectivity index (χ2v) is 5.17. The maximum Gasteiger partial charge on any atom is 0.285 e. The van der Waals surface area contributed by atoms with Crippen molar-refractivity contribution in [1.82, 2.24) is 5.32 Å². The maximum absolute atomic E-state index is 13.0. The van der Waals surface area contributed by atoms with Crippen LogP contribution in [-0.2, 0) is 0 Å². The number of halogens is 2. The molecule has 0 heterocycles. The molecule has 0 spiro atoms. The lowest BCUT2D eigenvalue weighted by molar-refractivity contribution is -0.385. The van der Waals surface area contributed by atoms with Crippen molar-refractivity contribution in [3.63, 3.8) is 0 Å². The molecule has 0 aliphatic carbocycles. The number of alkyl halides is 1. The van der Waals surface area contributed by atoms with Crippen LogP contribution in [0.25, 0.3) is 0 Å². The normalized spacial score (nSPS) is 11.9. The van der Waals surface area contributed by atoms with Crippen LogP contribution in [0.1, 0.15) is 30.1 Å². The number of nitro groups is 1. The van der Waals surface area contributed by atoms with E-state index in [1.807, 2.05) is 6.92 Å². The summed E-state index contributed by atoms with van der Waals surface area (Å²) >= 11 is 3.34. The van der Waals surface area contributed by atoms with Crippen molar-refractivity contribution in [3.8, 4) is 0 Å². The van der Waals surface area contributed by atoms with Gasteiger partial charge in [-0.1, -0.05) is 29.3 Å². The van der Waals surface area contributed by atoms with Gasteiger partial charge in [-0.15, -0.1) is 0 Å². The summed E-state index contributed by atoms with van der Waals surface area (Å²) in [7, 11) is 0. The van der Waals surface area contributed by atoms with Gasteiger partial charge in [-0.05, 0) is 24.5 Å². The van der Waals surface area contributed by atoms with Crippen LogP contribution in [-0.4, -0.2) is 22.7 Å². The van der Waals surface area contributed by atoms with Crippen LogP contribution in [0.2, 0.25) is 0 Å². The molecule has 1 N–H and O–H groups in total. The van der Waals surface area contributed by atoms with Gasteiger partial charge in [0.2, 0.25) is 0 Å². The van der Waals surface area contributed by atoms with Crippen molar-refractivity contribution >= 4 is 27.5 Å². The Hall–Kier alpha value is -1.50. The number of nitro benzene ring substituents is 1. The number of hydrogen-bond donors (Lipinski definition) is 1. The SMILES string of the molecule is CCC(CCBr)CNC(=O)c1ccc(F)cc1[N+](=O)[O-]. The molecule has 0 aliphatic rings. The van der Waals surface area contributed by atoms with Crippen LogP contribution in [0.15, 0.2) is 18.2 Å². The number of benzene rings is 1. The van der Waals surface area contributed by atoms with Crippen LogP contribution >= 0.6 is 15.9 Å². The summed E-state index contributed by atoms with van der Waals surface area (Å²) in [5, 5.41) is 14.3. The number of amides is 1. The van der Waals surface area contributed by atoms with E-state index in [0.29, 0.717) is 12.5 Å². The first-order valence-electron chi connectivity index (χ1n) is 6.27. The van der Waals surface area contributed by atoms with Gasteiger partial charge in [-0.3, -0.25) is 14.9 Å². The maximum atomic E-state index is 13.0. The fraction of sp³-hybridized carbons (Fsp3) is 0.462. The predicted molar refractivity (Wildman–Crippen MR) is 77.6 cm³/mol. The van der Waals surface area contributed by atoms with Crippen molar-refractivity contribution in [2.24, 2.45) is 5.92 Å². The van der Waals surface area contributed by atoms with Gasteiger partial charge in [0, 0.05) is 11.9 Å². The molecule has 5 nitrogen and oxygen atoms in total. The highest BCUT2D eigenvalue weighted by molar-refractivity contribution is 9.09. The van der Waals surface area contributed by atoms with E-state index < -0.39 is 22.3 Å². The van der Waals surface area contributed by atoms with E-state index in [2.05, 4.69) is 21.2 Å². The second kappa shape index (κ2) is 7.94. The minimum absolute atomic E-state index is 0.120. The average molecular weight is 347 g/mol. The zero-order valence-corrected chi connectivity index (χ0v) is 12.7. The van der Waals surface area contributed by atoms with E-state index in [-0.39, 0.29) is 5.56 Å². The van der Waals surface area contributed by atoms with Crippen LogP contribution in [0.4, 0.5) is 10.1 Å². The topological polar surface area (TPSA) is 72.2 Å². The zero-order valence-electron chi connectivity index (χ0n) is 11.1. The molecule has 1 aromatic carbocycles. The van der Waals surface area contributed by atoms with E-state index in [1.54, 1.807) is 0 Å². The number of nitrogens with zero attached hydrogens (tertiary/aromatic N) is 1. The van der Waals surface area contributed by atoms with Crippen molar-refractivity contribution in [2.75, 3.05) is 11.9 Å². The van der Waals surface area contributed by atoms with Gasteiger partial charge in [-0.2, -0.15) is 0 Å². The van der Waals surface area contributed by atoms with E-state index in [9.17, 15) is 19.3 Å². The molecule has 0 saturated carbocycles. The quantitative estimate of drug-likeness (QED) is 0.467. The largest absolute Gasteiger partial charge is 0.352 e. The molecule has 0 bridgehead atoms. The molecular formula is C13H16BrFN2O3. The lowest BCUT2D eigenvalue weighted by Crippen LogP contribution is -2.29. The number of hydrogen-bond acceptors (Lipinski definition) is 3. The fourth-order valence-electron chi connectivity index (χ4n) is 1.78. The monoisotopic (exact) mass is 346 g/mol. The van der Waals surface area contributed by atoms with E-state index in [4.69, 9.17) is 0 Å². The van der Waals surface area contributed by atoms with Gasteiger partial charge in [0.05, 0.1) is 11.0 Å². The van der Waals surface area contributed by atoms with Crippen molar-refractivity contribution in [3.05, 3.63) is 39.7 Å². The summed E-state index contributed by atoms with van der Waals surface area (Å²) in [6.45, 7) is 2.45. The molecule has 1 amide bonds. The molecule has 7 heteroatoms. The fourth-order valence-corrected chi connectivity index (χ4v) is 2.43. The third-order valence-electron chi connectivity index (χ3n) is 3.05. The van der Waals surface area contributed by atoms with Gasteiger partial charge in [0.1, 0.15) is 11.4 Å². The first kappa shape index (κ1) is 16.6. The number of rotatable bonds is 7. The summed E-state index contributed by atoms with van der Waals surface area (Å²) in [5.41, 5.74) is -0.638. The van der Waals surface area contributed by atoms with Gasteiger partial charge in [-0.25, -0.2) is 4.39 Å². The third kappa shape index (κ3) is 4.56. The Bertz CT molecular complexity index is 497. The Kier molecular flexibility index (Phi) is 6.57. The molecule has 0 fully saturated rings. The van der Waals surface area contributed by atoms with Gasteiger partial charge >= 0.3 is 0 Å². The Morgan fingerprint density at radius 1 is 1.55 bits per heavy atom. The van der Waals surface area contributed by atoms with E-state index in [1.165, 1.54) is 0 Å². The highest BCUT2D eigenvalue weighted by Gasteiger charge is 2.21. The summed E-state index contributed by atoms with van der Waals surface area (Å²) in [6, 6.07) is 2.93. The van der Waals surface area contributed by atoms with Crippen molar-refractivity contribution < 1.29 is 14.1 Å². The van der Waals surface area contributed by atoms with Crippen LogP contribution < -0.4 is 5.32 Å². The summed E-state index contributed by atoms with van der Waals surface area (Å²) in [5.74, 6) is -0.985. The van der Waals surface area contributed by atoms with Gasteiger partial charge in [0.25, 0.3) is 11.6 Å². The first-order chi connectivity index (χ1) is 9.49. The molecule has 1 unspecified atom stereocenters. The molecule has 0 aliphatic heterocycles. The molecule has 1 rings (SSSR count). The van der Waals surface area contributed by atoms with E-state index in [0.717, 1.165) is 36.4 Å². The zero-order chi connectivity index (χ0) is 15.1. The minimum Gasteiger partial charge on any atom is -0.352 e. The smallest absolute Gasteiger partial charge is 0.285 e. The van der Waals surface area contributed by atoms with Gasteiger partial charge in [0.15, 0.2) is 0 Å². The molecule has 0 aromatic heterocycles. The van der Waals surface area contributed by atoms with Crippen molar-refractivity contribution in [1.29, 1.82) is 0 Å². The molecule has 0 saturated heterocycles. The van der Waals surface area contributed by atoms with Crippen LogP contribution in [0.3, 0.4) is 0 Å². The highest BCUT2D eigenvalue weighted by atomic mass is 79.9. The predicted octanol–water partition coefficient (Wildman–Crippen LogP) is 3.27. The van der Waals surface area contributed by atoms with Crippen LogP contribution in [0, 0.1) is 21.8 Å². The molecular weight excluding hydrogens is 331 g/mol.